The molecule has 1 aliphatic rings. The molecule has 1 aliphatic heterocycles. The Balaban J connectivity index is 2.16. The molecule has 110 valence electrons. The smallest absolute Gasteiger partial charge is 0.131 e. The van der Waals surface area contributed by atoms with E-state index in [9.17, 15) is 4.39 Å². The second kappa shape index (κ2) is 5.53. The minimum absolute atomic E-state index is 0.220. The van der Waals surface area contributed by atoms with Crippen molar-refractivity contribution in [1.82, 2.24) is 14.9 Å². The molecule has 0 N–H and O–H groups in total. The van der Waals surface area contributed by atoms with Crippen LogP contribution in [0, 0.1) is 5.82 Å². The number of benzene rings is 1. The molecule has 3 nitrogen and oxygen atoms in total. The molecule has 0 saturated carbocycles. The number of nitrogens with zero attached hydrogens (tertiary/aromatic N) is 3. The molecule has 1 aromatic carbocycles. The molecule has 0 radical (unpaired) electrons. The van der Waals surface area contributed by atoms with Crippen LogP contribution in [-0.4, -0.2) is 28.5 Å². The molecule has 2 heterocycles. The molecular formula is C17H20FN3. The maximum absolute atomic E-state index is 13.2. The van der Waals surface area contributed by atoms with E-state index in [4.69, 9.17) is 9.97 Å². The van der Waals surface area contributed by atoms with E-state index < -0.39 is 0 Å². The van der Waals surface area contributed by atoms with E-state index in [-0.39, 0.29) is 11.7 Å². The molecule has 0 atom stereocenters. The first-order chi connectivity index (χ1) is 10.0. The Hall–Kier alpha value is -1.81. The molecule has 3 rings (SSSR count). The van der Waals surface area contributed by atoms with Crippen LogP contribution in [-0.2, 0) is 13.0 Å². The summed E-state index contributed by atoms with van der Waals surface area (Å²) in [4.78, 5) is 11.8. The minimum atomic E-state index is -0.220. The van der Waals surface area contributed by atoms with Crippen molar-refractivity contribution in [3.63, 3.8) is 0 Å². The first-order valence-corrected chi connectivity index (χ1v) is 7.38. The summed E-state index contributed by atoms with van der Waals surface area (Å²) in [6, 6.07) is 6.59. The van der Waals surface area contributed by atoms with Gasteiger partial charge in [-0.15, -0.1) is 0 Å². The van der Waals surface area contributed by atoms with E-state index in [0.717, 1.165) is 42.3 Å². The van der Waals surface area contributed by atoms with Gasteiger partial charge in [-0.2, -0.15) is 0 Å². The molecule has 21 heavy (non-hydrogen) atoms. The quantitative estimate of drug-likeness (QED) is 0.847. The first-order valence-electron chi connectivity index (χ1n) is 7.38. The SMILES string of the molecule is CC(C)c1nc2c(c(-c3ccc(F)cc3)n1)CN(C)CC2. The van der Waals surface area contributed by atoms with Crippen LogP contribution in [0.15, 0.2) is 24.3 Å². The Labute approximate surface area is 124 Å². The highest BCUT2D eigenvalue weighted by Gasteiger charge is 2.22. The predicted octanol–water partition coefficient (Wildman–Crippen LogP) is 3.39. The molecule has 0 bridgehead atoms. The van der Waals surface area contributed by atoms with Gasteiger partial charge in [-0.1, -0.05) is 13.8 Å². The molecule has 0 spiro atoms. The normalized spacial score (nSPS) is 15.3. The van der Waals surface area contributed by atoms with Gasteiger partial charge >= 0.3 is 0 Å². The molecular weight excluding hydrogens is 265 g/mol. The second-order valence-corrected chi connectivity index (χ2v) is 6.01. The summed E-state index contributed by atoms with van der Waals surface area (Å²) < 4.78 is 13.2. The van der Waals surface area contributed by atoms with Gasteiger partial charge in [0.2, 0.25) is 0 Å². The summed E-state index contributed by atoms with van der Waals surface area (Å²) in [7, 11) is 2.10. The standard InChI is InChI=1S/C17H20FN3/c1-11(2)17-19-15-8-9-21(3)10-14(15)16(20-17)12-4-6-13(18)7-5-12/h4-7,11H,8-10H2,1-3H3. The fourth-order valence-electron chi connectivity index (χ4n) is 2.67. The number of rotatable bonds is 2. The van der Waals surface area contributed by atoms with Crippen LogP contribution in [0.1, 0.15) is 36.8 Å². The number of aromatic nitrogens is 2. The van der Waals surface area contributed by atoms with Gasteiger partial charge in [0.25, 0.3) is 0 Å². The van der Waals surface area contributed by atoms with Gasteiger partial charge in [-0.05, 0) is 31.3 Å². The van der Waals surface area contributed by atoms with E-state index in [1.54, 1.807) is 12.1 Å². The van der Waals surface area contributed by atoms with Gasteiger partial charge in [0.15, 0.2) is 0 Å². The first kappa shape index (κ1) is 14.1. The highest BCUT2D eigenvalue weighted by molar-refractivity contribution is 5.64. The summed E-state index contributed by atoms with van der Waals surface area (Å²) in [6.45, 7) is 6.07. The van der Waals surface area contributed by atoms with Crippen LogP contribution in [0.4, 0.5) is 4.39 Å². The maximum Gasteiger partial charge on any atom is 0.131 e. The summed E-state index contributed by atoms with van der Waals surface area (Å²) >= 11 is 0. The van der Waals surface area contributed by atoms with Crippen LogP contribution in [0.25, 0.3) is 11.3 Å². The van der Waals surface area contributed by atoms with Crippen molar-refractivity contribution >= 4 is 0 Å². The van der Waals surface area contributed by atoms with Crippen LogP contribution >= 0.6 is 0 Å². The summed E-state index contributed by atoms with van der Waals surface area (Å²) in [6.07, 6.45) is 0.947. The van der Waals surface area contributed by atoms with E-state index in [1.165, 1.54) is 17.7 Å². The molecule has 0 aliphatic carbocycles. The Morgan fingerprint density at radius 3 is 2.52 bits per heavy atom. The summed E-state index contributed by atoms with van der Waals surface area (Å²) in [5, 5.41) is 0. The predicted molar refractivity (Wildman–Crippen MR) is 81.6 cm³/mol. The molecule has 0 saturated heterocycles. The lowest BCUT2D eigenvalue weighted by Gasteiger charge is -2.26. The van der Waals surface area contributed by atoms with Crippen LogP contribution < -0.4 is 0 Å². The van der Waals surface area contributed by atoms with Gasteiger partial charge in [0.05, 0.1) is 11.4 Å². The Morgan fingerprint density at radius 2 is 1.86 bits per heavy atom. The zero-order chi connectivity index (χ0) is 15.0. The third kappa shape index (κ3) is 2.81. The van der Waals surface area contributed by atoms with Crippen LogP contribution in [0.5, 0.6) is 0 Å². The average Bonchev–Trinajstić information content (AvgIpc) is 2.47. The molecule has 0 unspecified atom stereocenters. The molecule has 4 heteroatoms. The molecule has 1 aromatic heterocycles. The number of fused-ring (bicyclic) bond motifs is 1. The van der Waals surface area contributed by atoms with Crippen LogP contribution in [0.2, 0.25) is 0 Å². The number of halogens is 1. The monoisotopic (exact) mass is 285 g/mol. The van der Waals surface area contributed by atoms with Gasteiger partial charge in [0.1, 0.15) is 11.6 Å². The van der Waals surface area contributed by atoms with Gasteiger partial charge in [-0.25, -0.2) is 14.4 Å². The number of hydrogen-bond donors (Lipinski definition) is 0. The van der Waals surface area contributed by atoms with E-state index >= 15 is 0 Å². The van der Waals surface area contributed by atoms with E-state index in [0.29, 0.717) is 0 Å². The zero-order valence-electron chi connectivity index (χ0n) is 12.7. The lowest BCUT2D eigenvalue weighted by molar-refractivity contribution is 0.309. The third-order valence-electron chi connectivity index (χ3n) is 3.90. The number of likely N-dealkylation sites (N-methyl/N-ethyl adjacent to an activating group) is 1. The van der Waals surface area contributed by atoms with Crippen molar-refractivity contribution in [2.45, 2.75) is 32.7 Å². The summed E-state index contributed by atoms with van der Waals surface area (Å²) in [5.41, 5.74) is 4.24. The zero-order valence-corrected chi connectivity index (χ0v) is 12.7. The fraction of sp³-hybridized carbons (Fsp3) is 0.412. The van der Waals surface area contributed by atoms with E-state index in [1.807, 2.05) is 0 Å². The Morgan fingerprint density at radius 1 is 1.14 bits per heavy atom. The molecule has 0 fully saturated rings. The minimum Gasteiger partial charge on any atom is -0.302 e. The number of hydrogen-bond acceptors (Lipinski definition) is 3. The lowest BCUT2D eigenvalue weighted by Crippen LogP contribution is -2.28. The lowest BCUT2D eigenvalue weighted by atomic mass is 9.98. The van der Waals surface area contributed by atoms with Crippen molar-refractivity contribution < 1.29 is 4.39 Å². The second-order valence-electron chi connectivity index (χ2n) is 6.01. The fourth-order valence-corrected chi connectivity index (χ4v) is 2.67. The summed E-state index contributed by atoms with van der Waals surface area (Å²) in [5.74, 6) is 0.939. The van der Waals surface area contributed by atoms with Crippen LogP contribution in [0.3, 0.4) is 0 Å². The Bertz CT molecular complexity index is 650. The average molecular weight is 285 g/mol. The van der Waals surface area contributed by atoms with Crippen molar-refractivity contribution in [3.05, 3.63) is 47.2 Å². The molecule has 0 amide bonds. The molecule has 2 aromatic rings. The van der Waals surface area contributed by atoms with Gasteiger partial charge in [-0.3, -0.25) is 0 Å². The highest BCUT2D eigenvalue weighted by Crippen LogP contribution is 2.29. The maximum atomic E-state index is 13.2. The van der Waals surface area contributed by atoms with Crippen molar-refractivity contribution in [1.29, 1.82) is 0 Å². The van der Waals surface area contributed by atoms with Crippen molar-refractivity contribution in [2.75, 3.05) is 13.6 Å². The van der Waals surface area contributed by atoms with Crippen molar-refractivity contribution in [3.8, 4) is 11.3 Å². The highest BCUT2D eigenvalue weighted by atomic mass is 19.1. The Kier molecular flexibility index (Phi) is 3.72. The largest absolute Gasteiger partial charge is 0.302 e. The van der Waals surface area contributed by atoms with Crippen molar-refractivity contribution in [2.24, 2.45) is 0 Å². The van der Waals surface area contributed by atoms with E-state index in [2.05, 4.69) is 25.8 Å². The van der Waals surface area contributed by atoms with Gasteiger partial charge in [0, 0.05) is 36.6 Å². The van der Waals surface area contributed by atoms with Gasteiger partial charge < -0.3 is 4.90 Å². The topological polar surface area (TPSA) is 29.0 Å². The third-order valence-corrected chi connectivity index (χ3v) is 3.90.